The number of unbranched alkanes of at least 4 members (excludes halogenated alkanes) is 3. The van der Waals surface area contributed by atoms with Crippen LogP contribution in [0.5, 0.6) is 0 Å². The summed E-state index contributed by atoms with van der Waals surface area (Å²) in [5, 5.41) is 0. The summed E-state index contributed by atoms with van der Waals surface area (Å²) in [6.45, 7) is 7.07. The lowest BCUT2D eigenvalue weighted by Gasteiger charge is -1.95. The minimum atomic E-state index is 0. The van der Waals surface area contributed by atoms with Crippen molar-refractivity contribution in [2.24, 2.45) is 0 Å². The zero-order chi connectivity index (χ0) is 9.52. The molecule has 0 saturated heterocycles. The fourth-order valence-corrected chi connectivity index (χ4v) is 1.37. The lowest BCUT2D eigenvalue weighted by atomic mass is 10.2. The molecule has 0 N–H and O–H groups in total. The number of aromatic nitrogens is 2. The average Bonchev–Trinajstić information content (AvgIpc) is 2.60. The molecule has 0 aliphatic rings. The van der Waals surface area contributed by atoms with Gasteiger partial charge in [0, 0.05) is 0 Å². The molecule has 14 heavy (non-hydrogen) atoms. The maximum absolute atomic E-state index is 3.70. The van der Waals surface area contributed by atoms with Gasteiger partial charge in [0.1, 0.15) is 12.4 Å². The third kappa shape index (κ3) is 4.61. The molecule has 0 spiro atoms. The SMILES string of the molecule is C=C[n+]1ccn(CCCCCC)c1.[Br-]. The summed E-state index contributed by atoms with van der Waals surface area (Å²) in [6.07, 6.45) is 13.3. The minimum absolute atomic E-state index is 0. The van der Waals surface area contributed by atoms with Crippen LogP contribution in [0.25, 0.3) is 6.20 Å². The van der Waals surface area contributed by atoms with Crippen molar-refractivity contribution in [3.8, 4) is 0 Å². The Hall–Kier alpha value is -0.570. The van der Waals surface area contributed by atoms with Crippen LogP contribution in [0, 0.1) is 0 Å². The molecule has 1 aromatic rings. The van der Waals surface area contributed by atoms with Gasteiger partial charge >= 0.3 is 0 Å². The molecule has 1 rings (SSSR count). The molecule has 1 heterocycles. The van der Waals surface area contributed by atoms with Gasteiger partial charge in [-0.3, -0.25) is 0 Å². The second-order valence-electron chi connectivity index (χ2n) is 3.34. The zero-order valence-electron chi connectivity index (χ0n) is 8.82. The van der Waals surface area contributed by atoms with Crippen molar-refractivity contribution in [3.63, 3.8) is 0 Å². The van der Waals surface area contributed by atoms with Gasteiger partial charge in [-0.2, -0.15) is 0 Å². The van der Waals surface area contributed by atoms with E-state index < -0.39 is 0 Å². The van der Waals surface area contributed by atoms with Crippen molar-refractivity contribution in [1.29, 1.82) is 0 Å². The van der Waals surface area contributed by atoms with Gasteiger partial charge in [0.25, 0.3) is 0 Å². The quantitative estimate of drug-likeness (QED) is 0.479. The summed E-state index contributed by atoms with van der Waals surface area (Å²) >= 11 is 0. The maximum Gasteiger partial charge on any atom is 0.248 e. The van der Waals surface area contributed by atoms with E-state index in [1.807, 2.05) is 17.0 Å². The molecule has 0 amide bonds. The highest BCUT2D eigenvalue weighted by Crippen LogP contribution is 2.00. The van der Waals surface area contributed by atoms with E-state index in [0.29, 0.717) is 0 Å². The number of aryl methyl sites for hydroxylation is 1. The molecule has 0 aliphatic heterocycles. The van der Waals surface area contributed by atoms with Crippen molar-refractivity contribution in [1.82, 2.24) is 4.57 Å². The number of hydrogen-bond acceptors (Lipinski definition) is 0. The van der Waals surface area contributed by atoms with Crippen LogP contribution in [-0.2, 0) is 6.54 Å². The molecule has 0 radical (unpaired) electrons. The van der Waals surface area contributed by atoms with Gasteiger partial charge in [-0.1, -0.05) is 26.3 Å². The van der Waals surface area contributed by atoms with Crippen LogP contribution >= 0.6 is 0 Å². The molecule has 80 valence electrons. The van der Waals surface area contributed by atoms with E-state index in [9.17, 15) is 0 Å². The van der Waals surface area contributed by atoms with Gasteiger partial charge in [0.15, 0.2) is 0 Å². The second-order valence-corrected chi connectivity index (χ2v) is 3.34. The minimum Gasteiger partial charge on any atom is -1.00 e. The molecule has 0 saturated carbocycles. The molecule has 0 fully saturated rings. The first-order valence-electron chi connectivity index (χ1n) is 5.06. The standard InChI is InChI=1S/C11H19N2.BrH/c1-3-5-6-7-8-13-10-9-12(4-2)11-13;/h4,9-11H,2-3,5-8H2,1H3;1H/q+1;/p-1. The highest BCUT2D eigenvalue weighted by molar-refractivity contribution is 4.94. The lowest BCUT2D eigenvalue weighted by molar-refractivity contribution is -0.567. The smallest absolute Gasteiger partial charge is 0.248 e. The third-order valence-corrected chi connectivity index (χ3v) is 2.19. The van der Waals surface area contributed by atoms with E-state index in [4.69, 9.17) is 0 Å². The summed E-state index contributed by atoms with van der Waals surface area (Å²) in [5.74, 6) is 0. The summed E-state index contributed by atoms with van der Waals surface area (Å²) in [7, 11) is 0. The summed E-state index contributed by atoms with van der Waals surface area (Å²) in [6, 6.07) is 0. The molecule has 0 bridgehead atoms. The number of halogens is 1. The van der Waals surface area contributed by atoms with E-state index in [2.05, 4.69) is 30.6 Å². The molecule has 0 unspecified atom stereocenters. The van der Waals surface area contributed by atoms with E-state index in [-0.39, 0.29) is 17.0 Å². The summed E-state index contributed by atoms with van der Waals surface area (Å²) < 4.78 is 4.18. The first kappa shape index (κ1) is 13.4. The Balaban J connectivity index is 0.00000169. The highest BCUT2D eigenvalue weighted by Gasteiger charge is 1.99. The first-order chi connectivity index (χ1) is 6.36. The van der Waals surface area contributed by atoms with Gasteiger partial charge in [-0.05, 0) is 12.8 Å². The third-order valence-electron chi connectivity index (χ3n) is 2.19. The normalized spacial score (nSPS) is 9.50. The van der Waals surface area contributed by atoms with Crippen molar-refractivity contribution < 1.29 is 21.5 Å². The lowest BCUT2D eigenvalue weighted by Crippen LogP contribution is -3.00. The van der Waals surface area contributed by atoms with E-state index >= 15 is 0 Å². The Labute approximate surface area is 97.0 Å². The zero-order valence-corrected chi connectivity index (χ0v) is 10.4. The molecule has 3 heteroatoms. The number of imidazole rings is 1. The van der Waals surface area contributed by atoms with E-state index in [1.165, 1.54) is 25.7 Å². The predicted octanol–water partition coefficient (Wildman–Crippen LogP) is -0.540. The second kappa shape index (κ2) is 7.80. The molecular weight excluding hydrogens is 240 g/mol. The van der Waals surface area contributed by atoms with E-state index in [0.717, 1.165) is 6.54 Å². The largest absolute Gasteiger partial charge is 1.00 e. The fraction of sp³-hybridized carbons (Fsp3) is 0.545. The molecule has 1 aromatic heterocycles. The van der Waals surface area contributed by atoms with Gasteiger partial charge in [0.2, 0.25) is 6.33 Å². The van der Waals surface area contributed by atoms with Crippen LogP contribution in [0.4, 0.5) is 0 Å². The van der Waals surface area contributed by atoms with Crippen LogP contribution in [0.15, 0.2) is 25.3 Å². The van der Waals surface area contributed by atoms with Crippen LogP contribution in [0.1, 0.15) is 32.6 Å². The van der Waals surface area contributed by atoms with Crippen LogP contribution in [-0.4, -0.2) is 4.57 Å². The van der Waals surface area contributed by atoms with Gasteiger partial charge in [-0.25, -0.2) is 9.13 Å². The Morgan fingerprint density at radius 2 is 2.14 bits per heavy atom. The van der Waals surface area contributed by atoms with Crippen molar-refractivity contribution in [2.75, 3.05) is 0 Å². The van der Waals surface area contributed by atoms with Gasteiger partial charge in [-0.15, -0.1) is 0 Å². The Morgan fingerprint density at radius 1 is 1.36 bits per heavy atom. The predicted molar refractivity (Wildman–Crippen MR) is 55.2 cm³/mol. The number of rotatable bonds is 6. The fourth-order valence-electron chi connectivity index (χ4n) is 1.37. The monoisotopic (exact) mass is 258 g/mol. The van der Waals surface area contributed by atoms with Crippen molar-refractivity contribution in [3.05, 3.63) is 25.3 Å². The molecule has 2 nitrogen and oxygen atoms in total. The molecule has 0 atom stereocenters. The van der Waals surface area contributed by atoms with Crippen LogP contribution in [0.3, 0.4) is 0 Å². The van der Waals surface area contributed by atoms with Gasteiger partial charge < -0.3 is 17.0 Å². The molecule has 0 aliphatic carbocycles. The van der Waals surface area contributed by atoms with Crippen molar-refractivity contribution >= 4 is 6.20 Å². The Bertz CT molecular complexity index is 256. The summed E-state index contributed by atoms with van der Waals surface area (Å²) in [4.78, 5) is 0. The Morgan fingerprint density at radius 3 is 2.71 bits per heavy atom. The van der Waals surface area contributed by atoms with Gasteiger partial charge in [0.05, 0.1) is 12.7 Å². The number of nitrogens with zero attached hydrogens (tertiary/aromatic N) is 2. The van der Waals surface area contributed by atoms with Crippen LogP contribution < -0.4 is 21.5 Å². The Kier molecular flexibility index (Phi) is 7.48. The first-order valence-corrected chi connectivity index (χ1v) is 5.06. The topological polar surface area (TPSA) is 8.81 Å². The maximum atomic E-state index is 3.70. The molecular formula is C11H19BrN2. The molecule has 0 aromatic carbocycles. The van der Waals surface area contributed by atoms with E-state index in [1.54, 1.807) is 0 Å². The summed E-state index contributed by atoms with van der Waals surface area (Å²) in [5.41, 5.74) is 0. The van der Waals surface area contributed by atoms with Crippen LogP contribution in [0.2, 0.25) is 0 Å². The average molecular weight is 259 g/mol. The van der Waals surface area contributed by atoms with Crippen molar-refractivity contribution in [2.45, 2.75) is 39.2 Å². The number of hydrogen-bond donors (Lipinski definition) is 0. The highest BCUT2D eigenvalue weighted by atomic mass is 79.9.